The number of aliphatic hydroxyl groups excluding tert-OH is 1. The van der Waals surface area contributed by atoms with Gasteiger partial charge in [0.25, 0.3) is 0 Å². The van der Waals surface area contributed by atoms with Gasteiger partial charge in [-0.2, -0.15) is 0 Å². The van der Waals surface area contributed by atoms with E-state index < -0.39 is 42.3 Å². The first-order valence-corrected chi connectivity index (χ1v) is 8.18. The van der Waals surface area contributed by atoms with Crippen molar-refractivity contribution in [2.45, 2.75) is 44.9 Å². The first-order valence-electron chi connectivity index (χ1n) is 8.18. The number of hydrogen-bond donors (Lipinski definition) is 3. The molecule has 0 aliphatic rings. The van der Waals surface area contributed by atoms with Crippen molar-refractivity contribution in [2.75, 3.05) is 13.7 Å². The van der Waals surface area contributed by atoms with E-state index in [0.29, 0.717) is 0 Å². The minimum absolute atomic E-state index is 0.186. The molecule has 2 amide bonds. The number of benzene rings is 1. The first-order chi connectivity index (χ1) is 12.2. The number of methoxy groups -OCH3 is 1. The van der Waals surface area contributed by atoms with E-state index in [1.807, 2.05) is 18.2 Å². The average molecular weight is 366 g/mol. The van der Waals surface area contributed by atoms with E-state index in [4.69, 9.17) is 4.74 Å². The zero-order valence-corrected chi connectivity index (χ0v) is 15.4. The van der Waals surface area contributed by atoms with Gasteiger partial charge >= 0.3 is 12.1 Å². The topological polar surface area (TPSA) is 114 Å². The number of ether oxygens (including phenoxy) is 2. The van der Waals surface area contributed by atoms with Crippen molar-refractivity contribution in [1.82, 2.24) is 10.6 Å². The summed E-state index contributed by atoms with van der Waals surface area (Å²) in [5.74, 6) is -1.42. The van der Waals surface area contributed by atoms with Crippen LogP contribution >= 0.6 is 0 Å². The van der Waals surface area contributed by atoms with E-state index >= 15 is 0 Å². The Kier molecular flexibility index (Phi) is 8.05. The Morgan fingerprint density at radius 1 is 1.08 bits per heavy atom. The SMILES string of the molecule is COC(=O)[C@H](CO)NC(=O)[C@H](Cc1ccccc1)NC(=O)OC(C)(C)C. The normalized spacial score (nSPS) is 13.3. The van der Waals surface area contributed by atoms with Crippen LogP contribution in [0.25, 0.3) is 0 Å². The van der Waals surface area contributed by atoms with Crippen LogP contribution in [0.3, 0.4) is 0 Å². The maximum absolute atomic E-state index is 12.5. The standard InChI is InChI=1S/C18H26N2O6/c1-18(2,3)26-17(24)20-13(10-12-8-6-5-7-9-12)15(22)19-14(11-21)16(23)25-4/h5-9,13-14,21H,10-11H2,1-4H3,(H,19,22)(H,20,24)/t13-,14-/m0/s1. The van der Waals surface area contributed by atoms with E-state index in [1.165, 1.54) is 0 Å². The van der Waals surface area contributed by atoms with E-state index in [9.17, 15) is 19.5 Å². The lowest BCUT2D eigenvalue weighted by Crippen LogP contribution is -2.54. The largest absolute Gasteiger partial charge is 0.467 e. The maximum Gasteiger partial charge on any atom is 0.408 e. The van der Waals surface area contributed by atoms with Crippen molar-refractivity contribution in [3.8, 4) is 0 Å². The maximum atomic E-state index is 12.5. The van der Waals surface area contributed by atoms with Crippen LogP contribution in [0.2, 0.25) is 0 Å². The number of carbonyl (C=O) groups excluding carboxylic acids is 3. The molecule has 26 heavy (non-hydrogen) atoms. The number of aliphatic hydroxyl groups is 1. The molecule has 8 nitrogen and oxygen atoms in total. The van der Waals surface area contributed by atoms with E-state index in [-0.39, 0.29) is 6.42 Å². The molecule has 0 spiro atoms. The van der Waals surface area contributed by atoms with Crippen LogP contribution in [0.4, 0.5) is 4.79 Å². The summed E-state index contributed by atoms with van der Waals surface area (Å²) in [5.41, 5.74) is 0.0830. The van der Waals surface area contributed by atoms with Gasteiger partial charge in [-0.1, -0.05) is 30.3 Å². The number of amides is 2. The van der Waals surface area contributed by atoms with Crippen LogP contribution in [0, 0.1) is 0 Å². The number of hydrogen-bond acceptors (Lipinski definition) is 6. The van der Waals surface area contributed by atoms with Crippen LogP contribution in [-0.4, -0.2) is 54.5 Å². The predicted octanol–water partition coefficient (Wildman–Crippen LogP) is 0.772. The highest BCUT2D eigenvalue weighted by Gasteiger charge is 2.28. The molecule has 0 aliphatic carbocycles. The second-order valence-electron chi connectivity index (χ2n) is 6.66. The number of alkyl carbamates (subject to hydrolysis) is 1. The zero-order chi connectivity index (χ0) is 19.7. The molecule has 0 bridgehead atoms. The summed E-state index contributed by atoms with van der Waals surface area (Å²) in [6.45, 7) is 4.50. The van der Waals surface area contributed by atoms with E-state index in [2.05, 4.69) is 15.4 Å². The van der Waals surface area contributed by atoms with Crippen LogP contribution in [-0.2, 0) is 25.5 Å². The number of esters is 1. The van der Waals surface area contributed by atoms with Crippen molar-refractivity contribution < 1.29 is 29.0 Å². The highest BCUT2D eigenvalue weighted by atomic mass is 16.6. The van der Waals surface area contributed by atoms with Crippen molar-refractivity contribution in [2.24, 2.45) is 0 Å². The monoisotopic (exact) mass is 366 g/mol. The third-order valence-corrected chi connectivity index (χ3v) is 3.27. The van der Waals surface area contributed by atoms with E-state index in [1.54, 1.807) is 32.9 Å². The summed E-state index contributed by atoms with van der Waals surface area (Å²) in [6.07, 6.45) is -0.571. The van der Waals surface area contributed by atoms with Gasteiger partial charge in [0.1, 0.15) is 11.6 Å². The fraction of sp³-hybridized carbons (Fsp3) is 0.500. The molecule has 1 aromatic rings. The lowest BCUT2D eigenvalue weighted by molar-refractivity contribution is -0.146. The third-order valence-electron chi connectivity index (χ3n) is 3.27. The van der Waals surface area contributed by atoms with Gasteiger partial charge in [-0.05, 0) is 26.3 Å². The van der Waals surface area contributed by atoms with Crippen LogP contribution < -0.4 is 10.6 Å². The molecular weight excluding hydrogens is 340 g/mol. The van der Waals surface area contributed by atoms with Gasteiger partial charge in [-0.15, -0.1) is 0 Å². The Balaban J connectivity index is 2.89. The van der Waals surface area contributed by atoms with Crippen molar-refractivity contribution in [3.05, 3.63) is 35.9 Å². The van der Waals surface area contributed by atoms with Crippen molar-refractivity contribution in [1.29, 1.82) is 0 Å². The van der Waals surface area contributed by atoms with Crippen LogP contribution in [0.15, 0.2) is 30.3 Å². The molecule has 0 saturated carbocycles. The van der Waals surface area contributed by atoms with Gasteiger partial charge in [0.15, 0.2) is 6.04 Å². The molecule has 0 aliphatic heterocycles. The van der Waals surface area contributed by atoms with E-state index in [0.717, 1.165) is 12.7 Å². The van der Waals surface area contributed by atoms with Gasteiger partial charge in [0, 0.05) is 6.42 Å². The molecule has 2 atom stereocenters. The van der Waals surface area contributed by atoms with Gasteiger partial charge in [-0.3, -0.25) is 4.79 Å². The fourth-order valence-corrected chi connectivity index (χ4v) is 2.10. The minimum Gasteiger partial charge on any atom is -0.467 e. The Hall–Kier alpha value is -2.61. The predicted molar refractivity (Wildman–Crippen MR) is 94.3 cm³/mol. The number of rotatable bonds is 7. The summed E-state index contributed by atoms with van der Waals surface area (Å²) in [7, 11) is 1.15. The molecule has 0 heterocycles. The molecule has 0 fully saturated rings. The lowest BCUT2D eigenvalue weighted by Gasteiger charge is -2.24. The summed E-state index contributed by atoms with van der Waals surface area (Å²) in [5, 5.41) is 14.1. The van der Waals surface area contributed by atoms with Crippen LogP contribution in [0.1, 0.15) is 26.3 Å². The lowest BCUT2D eigenvalue weighted by atomic mass is 10.0. The van der Waals surface area contributed by atoms with Gasteiger partial charge in [-0.25, -0.2) is 9.59 Å². The molecule has 1 aromatic carbocycles. The highest BCUT2D eigenvalue weighted by Crippen LogP contribution is 2.09. The Labute approximate surface area is 152 Å². The Morgan fingerprint density at radius 2 is 1.69 bits per heavy atom. The van der Waals surface area contributed by atoms with Gasteiger partial charge in [0.05, 0.1) is 13.7 Å². The quantitative estimate of drug-likeness (QED) is 0.614. The van der Waals surface area contributed by atoms with Crippen molar-refractivity contribution in [3.63, 3.8) is 0 Å². The molecule has 0 aromatic heterocycles. The molecule has 0 radical (unpaired) electrons. The second-order valence-corrected chi connectivity index (χ2v) is 6.66. The average Bonchev–Trinajstić information content (AvgIpc) is 2.57. The third kappa shape index (κ3) is 7.52. The molecule has 0 unspecified atom stereocenters. The van der Waals surface area contributed by atoms with Gasteiger partial charge < -0.3 is 25.2 Å². The summed E-state index contributed by atoms with van der Waals surface area (Å²) in [6, 6.07) is 6.85. The number of nitrogens with one attached hydrogen (secondary N) is 2. The second kappa shape index (κ2) is 9.76. The highest BCUT2D eigenvalue weighted by molar-refractivity contribution is 5.90. The molecular formula is C18H26N2O6. The van der Waals surface area contributed by atoms with Crippen LogP contribution in [0.5, 0.6) is 0 Å². The fourth-order valence-electron chi connectivity index (χ4n) is 2.10. The molecule has 1 rings (SSSR count). The first kappa shape index (κ1) is 21.4. The molecule has 3 N–H and O–H groups in total. The summed E-state index contributed by atoms with van der Waals surface area (Å²) < 4.78 is 9.71. The Morgan fingerprint density at radius 3 is 2.19 bits per heavy atom. The molecule has 8 heteroatoms. The van der Waals surface area contributed by atoms with Gasteiger partial charge in [0.2, 0.25) is 5.91 Å². The number of carbonyl (C=O) groups is 3. The smallest absolute Gasteiger partial charge is 0.408 e. The molecule has 144 valence electrons. The van der Waals surface area contributed by atoms with Crippen molar-refractivity contribution >= 4 is 18.0 Å². The molecule has 0 saturated heterocycles. The Bertz CT molecular complexity index is 612. The summed E-state index contributed by atoms with van der Waals surface area (Å²) >= 11 is 0. The minimum atomic E-state index is -1.22. The zero-order valence-electron chi connectivity index (χ0n) is 15.4. The summed E-state index contributed by atoms with van der Waals surface area (Å²) in [4.78, 5) is 36.2.